The molecule has 1 fully saturated rings. The summed E-state index contributed by atoms with van der Waals surface area (Å²) in [6.45, 7) is 4.86. The molecule has 0 saturated carbocycles. The minimum Gasteiger partial charge on any atom is -0.383 e. The Labute approximate surface area is 96.2 Å². The third-order valence-corrected chi connectivity index (χ3v) is 3.43. The zero-order valence-electron chi connectivity index (χ0n) is 10.2. The summed E-state index contributed by atoms with van der Waals surface area (Å²) in [7, 11) is 1.87. The molecule has 4 nitrogen and oxygen atoms in total. The first kappa shape index (κ1) is 11.6. The molecule has 0 spiro atoms. The second kappa shape index (κ2) is 4.18. The molecule has 2 unspecified atom stereocenters. The van der Waals surface area contributed by atoms with Crippen LogP contribution in [0.4, 0.5) is 0 Å². The molecular formula is C12H20N2O2. The van der Waals surface area contributed by atoms with Crippen LogP contribution >= 0.6 is 0 Å². The van der Waals surface area contributed by atoms with Gasteiger partial charge in [0.2, 0.25) is 0 Å². The topological polar surface area (TPSA) is 47.3 Å². The molecule has 0 radical (unpaired) electrons. The zero-order valence-corrected chi connectivity index (χ0v) is 10.2. The van der Waals surface area contributed by atoms with Crippen LogP contribution < -0.4 is 0 Å². The minimum atomic E-state index is -0.779. The Bertz CT molecular complexity index is 362. The number of hydrogen-bond acceptors (Lipinski definition) is 3. The van der Waals surface area contributed by atoms with E-state index >= 15 is 0 Å². The Balaban J connectivity index is 2.22. The zero-order chi connectivity index (χ0) is 11.8. The molecule has 90 valence electrons. The fraction of sp³-hybridized carbons (Fsp3) is 0.750. The average Bonchev–Trinajstić information content (AvgIpc) is 2.65. The van der Waals surface area contributed by atoms with Gasteiger partial charge in [0.25, 0.3) is 0 Å². The normalized spacial score (nSPS) is 30.9. The predicted octanol–water partition coefficient (Wildman–Crippen LogP) is 1.44. The summed E-state index contributed by atoms with van der Waals surface area (Å²) in [5, 5.41) is 14.8. The van der Waals surface area contributed by atoms with Crippen molar-refractivity contribution in [2.45, 2.75) is 38.4 Å². The highest BCUT2D eigenvalue weighted by Crippen LogP contribution is 2.36. The van der Waals surface area contributed by atoms with Crippen LogP contribution in [0.2, 0.25) is 0 Å². The highest BCUT2D eigenvalue weighted by atomic mass is 16.5. The van der Waals surface area contributed by atoms with Gasteiger partial charge in [0.15, 0.2) is 0 Å². The summed E-state index contributed by atoms with van der Waals surface area (Å²) < 4.78 is 7.44. The van der Waals surface area contributed by atoms with E-state index in [1.807, 2.05) is 13.1 Å². The first-order chi connectivity index (χ1) is 7.53. The Morgan fingerprint density at radius 1 is 1.62 bits per heavy atom. The second-order valence-corrected chi connectivity index (χ2v) is 4.98. The van der Waals surface area contributed by atoms with Gasteiger partial charge < -0.3 is 9.84 Å². The van der Waals surface area contributed by atoms with E-state index in [9.17, 15) is 5.11 Å². The van der Waals surface area contributed by atoms with E-state index in [2.05, 4.69) is 18.9 Å². The smallest absolute Gasteiger partial charge is 0.111 e. The Morgan fingerprint density at radius 2 is 2.38 bits per heavy atom. The van der Waals surface area contributed by atoms with Crippen LogP contribution in [0.5, 0.6) is 0 Å². The first-order valence-electron chi connectivity index (χ1n) is 5.85. The third kappa shape index (κ3) is 1.99. The van der Waals surface area contributed by atoms with Crippen LogP contribution in [-0.4, -0.2) is 27.6 Å². The van der Waals surface area contributed by atoms with Crippen molar-refractivity contribution < 1.29 is 9.84 Å². The molecule has 2 atom stereocenters. The van der Waals surface area contributed by atoms with Crippen molar-refractivity contribution in [3.8, 4) is 0 Å². The molecule has 4 heteroatoms. The summed E-state index contributed by atoms with van der Waals surface area (Å²) in [5.41, 5.74) is 0.111. The molecule has 1 aliphatic heterocycles. The van der Waals surface area contributed by atoms with Gasteiger partial charge in [-0.3, -0.25) is 4.68 Å². The van der Waals surface area contributed by atoms with E-state index in [-0.39, 0.29) is 6.10 Å². The van der Waals surface area contributed by atoms with E-state index < -0.39 is 5.60 Å². The molecule has 2 heterocycles. The van der Waals surface area contributed by atoms with Crippen LogP contribution in [0.1, 0.15) is 32.4 Å². The molecule has 1 N–H and O–H groups in total. The van der Waals surface area contributed by atoms with Gasteiger partial charge in [0.1, 0.15) is 5.60 Å². The van der Waals surface area contributed by atoms with E-state index in [0.717, 1.165) is 5.69 Å². The maximum atomic E-state index is 10.7. The van der Waals surface area contributed by atoms with E-state index in [4.69, 9.17) is 4.74 Å². The molecular weight excluding hydrogens is 204 g/mol. The second-order valence-electron chi connectivity index (χ2n) is 4.98. The van der Waals surface area contributed by atoms with Gasteiger partial charge in [-0.1, -0.05) is 13.8 Å². The van der Waals surface area contributed by atoms with Crippen molar-refractivity contribution >= 4 is 0 Å². The molecule has 1 saturated heterocycles. The number of aryl methyl sites for hydroxylation is 1. The molecule has 1 aliphatic rings. The number of aromatic nitrogens is 2. The van der Waals surface area contributed by atoms with Crippen LogP contribution in [-0.2, 0) is 17.4 Å². The first-order valence-corrected chi connectivity index (χ1v) is 5.85. The molecule has 2 rings (SSSR count). The van der Waals surface area contributed by atoms with Gasteiger partial charge in [-0.2, -0.15) is 5.10 Å². The lowest BCUT2D eigenvalue weighted by atomic mass is 9.84. The van der Waals surface area contributed by atoms with Crippen molar-refractivity contribution in [1.29, 1.82) is 0 Å². The summed E-state index contributed by atoms with van der Waals surface area (Å²) >= 11 is 0. The van der Waals surface area contributed by atoms with Gasteiger partial charge in [-0.15, -0.1) is 0 Å². The van der Waals surface area contributed by atoms with Crippen LogP contribution in [0.15, 0.2) is 12.3 Å². The lowest BCUT2D eigenvalue weighted by Crippen LogP contribution is -2.41. The lowest BCUT2D eigenvalue weighted by molar-refractivity contribution is -0.124. The minimum absolute atomic E-state index is 0.133. The fourth-order valence-electron chi connectivity index (χ4n) is 2.36. The molecule has 0 bridgehead atoms. The number of hydrogen-bond donors (Lipinski definition) is 1. The highest BCUT2D eigenvalue weighted by molar-refractivity contribution is 5.13. The lowest BCUT2D eigenvalue weighted by Gasteiger charge is -2.38. The number of rotatable bonds is 2. The Morgan fingerprint density at radius 3 is 2.94 bits per heavy atom. The van der Waals surface area contributed by atoms with Crippen molar-refractivity contribution in [2.24, 2.45) is 13.0 Å². The van der Waals surface area contributed by atoms with Crippen molar-refractivity contribution in [2.75, 3.05) is 6.61 Å². The highest BCUT2D eigenvalue weighted by Gasteiger charge is 2.39. The van der Waals surface area contributed by atoms with Gasteiger partial charge in [-0.25, -0.2) is 0 Å². The van der Waals surface area contributed by atoms with Crippen molar-refractivity contribution in [3.05, 3.63) is 18.0 Å². The van der Waals surface area contributed by atoms with Crippen LogP contribution in [0.25, 0.3) is 0 Å². The molecule has 1 aromatic rings. The van der Waals surface area contributed by atoms with Crippen molar-refractivity contribution in [3.63, 3.8) is 0 Å². The summed E-state index contributed by atoms with van der Waals surface area (Å²) in [5.74, 6) is 0.431. The fourth-order valence-corrected chi connectivity index (χ4v) is 2.36. The standard InChI is InChI=1S/C12H20N2O2/c1-9(2)10-8-12(15,5-7-16-10)11-4-6-13-14(11)3/h4,6,9-10,15H,5,7-8H2,1-3H3. The SMILES string of the molecule is CC(C)C1CC(O)(c2ccnn2C)CCO1. The third-order valence-electron chi connectivity index (χ3n) is 3.43. The maximum absolute atomic E-state index is 10.7. The largest absolute Gasteiger partial charge is 0.383 e. The molecule has 0 amide bonds. The van der Waals surface area contributed by atoms with E-state index in [1.165, 1.54) is 0 Å². The van der Waals surface area contributed by atoms with Crippen molar-refractivity contribution in [1.82, 2.24) is 9.78 Å². The Hall–Kier alpha value is -0.870. The average molecular weight is 224 g/mol. The molecule has 0 aromatic carbocycles. The van der Waals surface area contributed by atoms with Gasteiger partial charge in [0, 0.05) is 26.1 Å². The van der Waals surface area contributed by atoms with E-state index in [0.29, 0.717) is 25.4 Å². The van der Waals surface area contributed by atoms with E-state index in [1.54, 1.807) is 10.9 Å². The number of aliphatic hydroxyl groups is 1. The number of ether oxygens (including phenoxy) is 1. The predicted molar refractivity (Wildman–Crippen MR) is 60.9 cm³/mol. The summed E-state index contributed by atoms with van der Waals surface area (Å²) in [4.78, 5) is 0. The summed E-state index contributed by atoms with van der Waals surface area (Å²) in [6, 6.07) is 1.89. The van der Waals surface area contributed by atoms with Gasteiger partial charge >= 0.3 is 0 Å². The number of nitrogens with zero attached hydrogens (tertiary/aromatic N) is 2. The summed E-state index contributed by atoms with van der Waals surface area (Å²) in [6.07, 6.45) is 3.17. The Kier molecular flexibility index (Phi) is 3.04. The molecule has 1 aromatic heterocycles. The molecule has 0 aliphatic carbocycles. The van der Waals surface area contributed by atoms with Crippen LogP contribution in [0, 0.1) is 5.92 Å². The molecule has 16 heavy (non-hydrogen) atoms. The quantitative estimate of drug-likeness (QED) is 0.827. The monoisotopic (exact) mass is 224 g/mol. The maximum Gasteiger partial charge on any atom is 0.111 e. The van der Waals surface area contributed by atoms with Crippen LogP contribution in [0.3, 0.4) is 0 Å². The van der Waals surface area contributed by atoms with Gasteiger partial charge in [0.05, 0.1) is 18.4 Å². The van der Waals surface area contributed by atoms with Gasteiger partial charge in [-0.05, 0) is 12.0 Å².